The van der Waals surface area contributed by atoms with Gasteiger partial charge in [-0.05, 0) is 24.3 Å². The van der Waals surface area contributed by atoms with Crippen molar-refractivity contribution < 1.29 is 14.1 Å². The highest BCUT2D eigenvalue weighted by Gasteiger charge is 2.22. The molecule has 2 aromatic rings. The molecule has 130 valence electrons. The number of benzene rings is 1. The van der Waals surface area contributed by atoms with Gasteiger partial charge in [0.1, 0.15) is 5.56 Å². The number of ether oxygens (including phenoxy) is 1. The van der Waals surface area contributed by atoms with Crippen LogP contribution >= 0.6 is 0 Å². The molecule has 0 bridgehead atoms. The molecule has 5 nitrogen and oxygen atoms in total. The van der Waals surface area contributed by atoms with E-state index in [4.69, 9.17) is 9.26 Å². The molecule has 5 heteroatoms. The fourth-order valence-electron chi connectivity index (χ4n) is 2.46. The first kappa shape index (κ1) is 18.2. The lowest BCUT2D eigenvalue weighted by atomic mass is 9.86. The Morgan fingerprint density at radius 3 is 2.50 bits per heavy atom. The second kappa shape index (κ2) is 7.62. The van der Waals surface area contributed by atoms with Crippen LogP contribution in [0.4, 0.5) is 0 Å². The van der Waals surface area contributed by atoms with Crippen LogP contribution in [0, 0.1) is 6.92 Å². The van der Waals surface area contributed by atoms with Crippen LogP contribution in [0.2, 0.25) is 0 Å². The highest BCUT2D eigenvalue weighted by atomic mass is 16.5. The maximum Gasteiger partial charge on any atom is 0.257 e. The summed E-state index contributed by atoms with van der Waals surface area (Å²) in [7, 11) is 1.64. The van der Waals surface area contributed by atoms with Crippen LogP contribution in [0.3, 0.4) is 0 Å². The summed E-state index contributed by atoms with van der Waals surface area (Å²) < 4.78 is 10.4. The van der Waals surface area contributed by atoms with E-state index in [0.29, 0.717) is 30.2 Å². The average molecular weight is 330 g/mol. The average Bonchev–Trinajstić information content (AvgIpc) is 2.92. The number of carbonyl (C=O) groups excluding carboxylic acids is 1. The number of hydrogen-bond acceptors (Lipinski definition) is 4. The number of nitrogens with one attached hydrogen (secondary N) is 1. The summed E-state index contributed by atoms with van der Waals surface area (Å²) in [6.45, 7) is 9.45. The van der Waals surface area contributed by atoms with Gasteiger partial charge >= 0.3 is 0 Å². The van der Waals surface area contributed by atoms with Crippen LogP contribution in [0.5, 0.6) is 0 Å². The monoisotopic (exact) mass is 330 g/mol. The number of rotatable bonds is 6. The Morgan fingerprint density at radius 2 is 1.92 bits per heavy atom. The normalized spacial score (nSPS) is 11.5. The SMILES string of the molecule is COCCCNC(=O)c1c(C)noc1-c1ccc(C(C)(C)C)cc1. The van der Waals surface area contributed by atoms with Crippen molar-refractivity contribution in [3.63, 3.8) is 0 Å². The van der Waals surface area contributed by atoms with Gasteiger partial charge in [-0.3, -0.25) is 4.79 Å². The fourth-order valence-corrected chi connectivity index (χ4v) is 2.46. The van der Waals surface area contributed by atoms with Crippen LogP contribution in [0.25, 0.3) is 11.3 Å². The standard InChI is InChI=1S/C19H26N2O3/c1-13-16(18(22)20-11-6-12-23-5)17(24-21-13)14-7-9-15(10-8-14)19(2,3)4/h7-10H,6,11-12H2,1-5H3,(H,20,22). The summed E-state index contributed by atoms with van der Waals surface area (Å²) in [5, 5.41) is 6.86. The Kier molecular flexibility index (Phi) is 5.78. The second-order valence-electron chi connectivity index (χ2n) is 6.90. The number of nitrogens with zero attached hydrogens (tertiary/aromatic N) is 1. The molecule has 2 rings (SSSR count). The number of aryl methyl sites for hydroxylation is 1. The van der Waals surface area contributed by atoms with Crippen molar-refractivity contribution in [3.05, 3.63) is 41.1 Å². The first-order valence-electron chi connectivity index (χ1n) is 8.19. The van der Waals surface area contributed by atoms with Crippen molar-refractivity contribution >= 4 is 5.91 Å². The smallest absolute Gasteiger partial charge is 0.257 e. The lowest BCUT2D eigenvalue weighted by Gasteiger charge is -2.18. The van der Waals surface area contributed by atoms with Crippen molar-refractivity contribution in [1.29, 1.82) is 0 Å². The Hall–Kier alpha value is -2.14. The molecule has 0 aliphatic carbocycles. The molecule has 1 aromatic carbocycles. The number of amides is 1. The van der Waals surface area contributed by atoms with E-state index in [-0.39, 0.29) is 11.3 Å². The van der Waals surface area contributed by atoms with Gasteiger partial charge in [0, 0.05) is 25.8 Å². The third kappa shape index (κ3) is 4.23. The van der Waals surface area contributed by atoms with Crippen molar-refractivity contribution in [1.82, 2.24) is 10.5 Å². The molecule has 1 amide bonds. The zero-order chi connectivity index (χ0) is 17.7. The summed E-state index contributed by atoms with van der Waals surface area (Å²) in [5.74, 6) is 0.344. The quantitative estimate of drug-likeness (QED) is 0.820. The predicted octanol–water partition coefficient (Wildman–Crippen LogP) is 3.71. The molecule has 0 unspecified atom stereocenters. The highest BCUT2D eigenvalue weighted by Crippen LogP contribution is 2.29. The topological polar surface area (TPSA) is 64.4 Å². The van der Waals surface area contributed by atoms with Crippen LogP contribution in [0.15, 0.2) is 28.8 Å². The fraction of sp³-hybridized carbons (Fsp3) is 0.474. The van der Waals surface area contributed by atoms with Gasteiger partial charge in [-0.25, -0.2) is 0 Å². The Labute approximate surface area is 143 Å². The molecular weight excluding hydrogens is 304 g/mol. The summed E-state index contributed by atoms with van der Waals surface area (Å²) in [6, 6.07) is 8.07. The van der Waals surface area contributed by atoms with E-state index in [1.807, 2.05) is 12.1 Å². The summed E-state index contributed by atoms with van der Waals surface area (Å²) >= 11 is 0. The number of aromatic nitrogens is 1. The molecule has 1 aromatic heterocycles. The Balaban J connectivity index is 2.21. The van der Waals surface area contributed by atoms with Crippen LogP contribution in [0.1, 0.15) is 48.8 Å². The van der Waals surface area contributed by atoms with E-state index in [0.717, 1.165) is 12.0 Å². The van der Waals surface area contributed by atoms with Crippen molar-refractivity contribution in [2.75, 3.05) is 20.3 Å². The molecule has 24 heavy (non-hydrogen) atoms. The minimum absolute atomic E-state index is 0.0808. The first-order chi connectivity index (χ1) is 11.3. The van der Waals surface area contributed by atoms with E-state index < -0.39 is 0 Å². The largest absolute Gasteiger partial charge is 0.385 e. The van der Waals surface area contributed by atoms with E-state index in [9.17, 15) is 4.79 Å². The van der Waals surface area contributed by atoms with Crippen molar-refractivity contribution in [3.8, 4) is 11.3 Å². The van der Waals surface area contributed by atoms with Gasteiger partial charge in [-0.2, -0.15) is 0 Å². The van der Waals surface area contributed by atoms with E-state index in [1.54, 1.807) is 14.0 Å². The van der Waals surface area contributed by atoms with E-state index >= 15 is 0 Å². The maximum absolute atomic E-state index is 12.5. The zero-order valence-electron chi connectivity index (χ0n) is 15.1. The van der Waals surface area contributed by atoms with Crippen LogP contribution < -0.4 is 5.32 Å². The number of carbonyl (C=O) groups is 1. The zero-order valence-corrected chi connectivity index (χ0v) is 15.1. The van der Waals surface area contributed by atoms with E-state index in [1.165, 1.54) is 5.56 Å². The number of methoxy groups -OCH3 is 1. The minimum atomic E-state index is -0.167. The molecule has 0 atom stereocenters. The van der Waals surface area contributed by atoms with Gasteiger partial charge in [0.2, 0.25) is 0 Å². The molecule has 0 aliphatic heterocycles. The highest BCUT2D eigenvalue weighted by molar-refractivity contribution is 6.00. The van der Waals surface area contributed by atoms with Crippen LogP contribution in [-0.4, -0.2) is 31.3 Å². The molecule has 0 saturated heterocycles. The predicted molar refractivity (Wildman–Crippen MR) is 94.2 cm³/mol. The van der Waals surface area contributed by atoms with Crippen molar-refractivity contribution in [2.24, 2.45) is 0 Å². The third-order valence-corrected chi connectivity index (χ3v) is 3.91. The lowest BCUT2D eigenvalue weighted by molar-refractivity contribution is 0.0948. The lowest BCUT2D eigenvalue weighted by Crippen LogP contribution is -2.26. The Morgan fingerprint density at radius 1 is 1.25 bits per heavy atom. The molecule has 0 fully saturated rings. The molecule has 1 N–H and O–H groups in total. The first-order valence-corrected chi connectivity index (χ1v) is 8.19. The molecular formula is C19H26N2O3. The van der Waals surface area contributed by atoms with Gasteiger partial charge in [0.15, 0.2) is 5.76 Å². The summed E-state index contributed by atoms with van der Waals surface area (Å²) in [5.41, 5.74) is 3.25. The Bertz CT molecular complexity index is 682. The summed E-state index contributed by atoms with van der Waals surface area (Å²) in [4.78, 5) is 12.5. The van der Waals surface area contributed by atoms with E-state index in [2.05, 4.69) is 43.4 Å². The molecule has 0 saturated carbocycles. The minimum Gasteiger partial charge on any atom is -0.385 e. The molecule has 0 radical (unpaired) electrons. The van der Waals surface area contributed by atoms with Crippen LogP contribution in [-0.2, 0) is 10.2 Å². The molecule has 0 spiro atoms. The van der Waals surface area contributed by atoms with Gasteiger partial charge in [-0.1, -0.05) is 50.2 Å². The van der Waals surface area contributed by atoms with Gasteiger partial charge in [0.05, 0.1) is 5.69 Å². The van der Waals surface area contributed by atoms with Crippen molar-refractivity contribution in [2.45, 2.75) is 39.5 Å². The second-order valence-corrected chi connectivity index (χ2v) is 6.90. The third-order valence-electron chi connectivity index (χ3n) is 3.91. The van der Waals surface area contributed by atoms with Gasteiger partial charge < -0.3 is 14.6 Å². The summed E-state index contributed by atoms with van der Waals surface area (Å²) in [6.07, 6.45) is 0.766. The van der Waals surface area contributed by atoms with Gasteiger partial charge in [-0.15, -0.1) is 0 Å². The number of hydrogen-bond donors (Lipinski definition) is 1. The molecule has 0 aliphatic rings. The van der Waals surface area contributed by atoms with Gasteiger partial charge in [0.25, 0.3) is 5.91 Å². The maximum atomic E-state index is 12.5. The molecule has 1 heterocycles.